The minimum absolute atomic E-state index is 0.581. The molecule has 0 heterocycles. The predicted molar refractivity (Wildman–Crippen MR) is 112 cm³/mol. The highest BCUT2D eigenvalue weighted by molar-refractivity contribution is 6.09. The van der Waals surface area contributed by atoms with Gasteiger partial charge in [-0.15, -0.1) is 0 Å². The number of allylic oxidation sites excluding steroid dienone is 4. The van der Waals surface area contributed by atoms with Crippen molar-refractivity contribution in [3.05, 3.63) is 88.3 Å². The second-order valence-corrected chi connectivity index (χ2v) is 6.53. The van der Waals surface area contributed by atoms with Crippen molar-refractivity contribution >= 4 is 5.71 Å². The zero-order chi connectivity index (χ0) is 19.8. The third-order valence-corrected chi connectivity index (χ3v) is 4.43. The Morgan fingerprint density at radius 3 is 2.44 bits per heavy atom. The number of nitriles is 1. The zero-order valence-corrected chi connectivity index (χ0v) is 16.7. The molecule has 0 amide bonds. The van der Waals surface area contributed by atoms with Crippen molar-refractivity contribution in [1.82, 2.24) is 0 Å². The number of rotatable bonds is 6. The van der Waals surface area contributed by atoms with Crippen LogP contribution < -0.4 is 4.74 Å². The van der Waals surface area contributed by atoms with Gasteiger partial charge in [0.15, 0.2) is 0 Å². The van der Waals surface area contributed by atoms with E-state index in [1.54, 1.807) is 12.1 Å². The van der Waals surface area contributed by atoms with Crippen LogP contribution in [0, 0.1) is 18.3 Å². The lowest BCUT2D eigenvalue weighted by molar-refractivity contribution is 0.425. The van der Waals surface area contributed by atoms with Gasteiger partial charge in [-0.3, -0.25) is 4.99 Å². The van der Waals surface area contributed by atoms with E-state index < -0.39 is 0 Å². The van der Waals surface area contributed by atoms with Crippen LogP contribution in [0.1, 0.15) is 50.8 Å². The number of aliphatic imine (C=N–C) groups is 1. The second-order valence-electron chi connectivity index (χ2n) is 6.53. The monoisotopic (exact) mass is 358 g/mol. The topological polar surface area (TPSA) is 45.4 Å². The molecule has 0 saturated carbocycles. The molecule has 138 valence electrons. The van der Waals surface area contributed by atoms with Crippen molar-refractivity contribution < 1.29 is 4.74 Å². The second kappa shape index (κ2) is 9.54. The number of hydrogen-bond acceptors (Lipinski definition) is 3. The molecule has 0 aliphatic heterocycles. The van der Waals surface area contributed by atoms with Gasteiger partial charge in [0.05, 0.1) is 17.3 Å². The summed E-state index contributed by atoms with van der Waals surface area (Å²) in [6.45, 7) is 10.1. The van der Waals surface area contributed by atoms with E-state index >= 15 is 0 Å². The molecule has 0 spiro atoms. The van der Waals surface area contributed by atoms with Gasteiger partial charge in [0.1, 0.15) is 11.5 Å². The maximum absolute atomic E-state index is 9.11. The average molecular weight is 358 g/mol. The van der Waals surface area contributed by atoms with Gasteiger partial charge in [0.25, 0.3) is 0 Å². The van der Waals surface area contributed by atoms with E-state index in [4.69, 9.17) is 15.0 Å². The van der Waals surface area contributed by atoms with Crippen LogP contribution in [0.25, 0.3) is 0 Å². The van der Waals surface area contributed by atoms with Gasteiger partial charge in [-0.25, -0.2) is 0 Å². The molecule has 2 rings (SSSR count). The highest BCUT2D eigenvalue weighted by Gasteiger charge is 2.06. The molecule has 2 aromatic rings. The van der Waals surface area contributed by atoms with Gasteiger partial charge < -0.3 is 4.74 Å². The molecule has 0 aliphatic carbocycles. The summed E-state index contributed by atoms with van der Waals surface area (Å²) in [4.78, 5) is 4.84. The Bertz CT molecular complexity index is 929. The molecule has 0 fully saturated rings. The molecule has 0 N–H and O–H groups in total. The third-order valence-electron chi connectivity index (χ3n) is 4.43. The summed E-state index contributed by atoms with van der Waals surface area (Å²) in [7, 11) is 0. The SMILES string of the molecule is CC/C(C)=C(C)/N=C(/C=C(\C)Oc1cc(C#N)ccc1C)c1ccccc1. The molecule has 0 unspecified atom stereocenters. The Kier molecular flexibility index (Phi) is 7.14. The minimum Gasteiger partial charge on any atom is -0.462 e. The van der Waals surface area contributed by atoms with Crippen molar-refractivity contribution in [3.63, 3.8) is 0 Å². The van der Waals surface area contributed by atoms with Crippen LogP contribution in [0.4, 0.5) is 0 Å². The van der Waals surface area contributed by atoms with E-state index in [9.17, 15) is 0 Å². The smallest absolute Gasteiger partial charge is 0.131 e. The summed E-state index contributed by atoms with van der Waals surface area (Å²) in [6.07, 6.45) is 2.91. The van der Waals surface area contributed by atoms with Crippen LogP contribution in [0.3, 0.4) is 0 Å². The predicted octanol–water partition coefficient (Wildman–Crippen LogP) is 6.34. The molecule has 0 bridgehead atoms. The van der Waals surface area contributed by atoms with E-state index in [1.807, 2.05) is 63.2 Å². The van der Waals surface area contributed by atoms with E-state index in [2.05, 4.69) is 19.9 Å². The van der Waals surface area contributed by atoms with Crippen LogP contribution >= 0.6 is 0 Å². The van der Waals surface area contributed by atoms with Gasteiger partial charge in [0, 0.05) is 17.3 Å². The van der Waals surface area contributed by atoms with E-state index in [1.165, 1.54) is 5.57 Å². The molecule has 3 nitrogen and oxygen atoms in total. The van der Waals surface area contributed by atoms with E-state index in [0.717, 1.165) is 34.7 Å². The van der Waals surface area contributed by atoms with Gasteiger partial charge in [-0.2, -0.15) is 5.26 Å². The largest absolute Gasteiger partial charge is 0.462 e. The van der Waals surface area contributed by atoms with Crippen LogP contribution in [0.2, 0.25) is 0 Å². The number of nitrogens with zero attached hydrogens (tertiary/aromatic N) is 2. The van der Waals surface area contributed by atoms with Crippen molar-refractivity contribution in [2.24, 2.45) is 4.99 Å². The van der Waals surface area contributed by atoms with E-state index in [0.29, 0.717) is 11.3 Å². The van der Waals surface area contributed by atoms with Crippen molar-refractivity contribution in [2.75, 3.05) is 0 Å². The summed E-state index contributed by atoms with van der Waals surface area (Å²) in [5.74, 6) is 1.41. The summed E-state index contributed by atoms with van der Waals surface area (Å²) in [5.41, 5.74) is 5.73. The highest BCUT2D eigenvalue weighted by atomic mass is 16.5. The summed E-state index contributed by atoms with van der Waals surface area (Å²) < 4.78 is 6.02. The fourth-order valence-electron chi connectivity index (χ4n) is 2.50. The molecular weight excluding hydrogens is 332 g/mol. The summed E-state index contributed by atoms with van der Waals surface area (Å²) in [6, 6.07) is 17.7. The molecule has 3 heteroatoms. The standard InChI is InChI=1S/C24H26N2O/c1-6-17(2)20(5)26-23(22-10-8-7-9-11-22)14-19(4)27-24-15-21(16-25)13-12-18(24)3/h7-15H,6H2,1-5H3/b19-14+,20-17+,26-23-. The van der Waals surface area contributed by atoms with E-state index in [-0.39, 0.29) is 0 Å². The van der Waals surface area contributed by atoms with Crippen LogP contribution in [0.5, 0.6) is 5.75 Å². The zero-order valence-electron chi connectivity index (χ0n) is 16.7. The molecule has 0 atom stereocenters. The Hall–Kier alpha value is -3.12. The van der Waals surface area contributed by atoms with Crippen molar-refractivity contribution in [2.45, 2.75) is 41.0 Å². The first-order chi connectivity index (χ1) is 12.9. The molecule has 0 saturated heterocycles. The Morgan fingerprint density at radius 1 is 1.11 bits per heavy atom. The molecule has 0 aliphatic rings. The lowest BCUT2D eigenvalue weighted by Gasteiger charge is -2.11. The summed E-state index contributed by atoms with van der Waals surface area (Å²) in [5, 5.41) is 9.11. The molecule has 2 aromatic carbocycles. The molecular formula is C24H26N2O. The maximum Gasteiger partial charge on any atom is 0.131 e. The fraction of sp³-hybridized carbons (Fsp3) is 0.250. The first kappa shape index (κ1) is 20.2. The number of hydrogen-bond donors (Lipinski definition) is 0. The molecule has 0 radical (unpaired) electrons. The lowest BCUT2D eigenvalue weighted by Crippen LogP contribution is -2.02. The Labute approximate surface area is 162 Å². The number of aryl methyl sites for hydroxylation is 1. The molecule has 27 heavy (non-hydrogen) atoms. The highest BCUT2D eigenvalue weighted by Crippen LogP contribution is 2.22. The first-order valence-electron chi connectivity index (χ1n) is 9.12. The van der Waals surface area contributed by atoms with Crippen LogP contribution in [0.15, 0.2) is 76.6 Å². The number of ether oxygens (including phenoxy) is 1. The fourth-order valence-corrected chi connectivity index (χ4v) is 2.50. The minimum atomic E-state index is 0.581. The average Bonchev–Trinajstić information content (AvgIpc) is 2.69. The maximum atomic E-state index is 9.11. The number of benzene rings is 2. The first-order valence-corrected chi connectivity index (χ1v) is 9.12. The van der Waals surface area contributed by atoms with Gasteiger partial charge in [-0.1, -0.05) is 48.9 Å². The van der Waals surface area contributed by atoms with Crippen molar-refractivity contribution in [3.8, 4) is 11.8 Å². The summed E-state index contributed by atoms with van der Waals surface area (Å²) >= 11 is 0. The quantitative estimate of drug-likeness (QED) is 0.446. The van der Waals surface area contributed by atoms with Gasteiger partial charge in [0.2, 0.25) is 0 Å². The Balaban J connectivity index is 2.42. The van der Waals surface area contributed by atoms with Gasteiger partial charge in [-0.05, 0) is 51.8 Å². The Morgan fingerprint density at radius 2 is 1.81 bits per heavy atom. The lowest BCUT2D eigenvalue weighted by atomic mass is 10.1. The van der Waals surface area contributed by atoms with Gasteiger partial charge >= 0.3 is 0 Å². The van der Waals surface area contributed by atoms with Crippen LogP contribution in [-0.2, 0) is 0 Å². The van der Waals surface area contributed by atoms with Crippen LogP contribution in [-0.4, -0.2) is 5.71 Å². The normalized spacial score (nSPS) is 13.0. The molecule has 0 aromatic heterocycles. The van der Waals surface area contributed by atoms with Crippen molar-refractivity contribution in [1.29, 1.82) is 5.26 Å². The third kappa shape index (κ3) is 5.69.